The van der Waals surface area contributed by atoms with E-state index >= 15 is 0 Å². The Balaban J connectivity index is 1.48. The number of hydrogen-bond donors (Lipinski definition) is 0. The third-order valence-corrected chi connectivity index (χ3v) is 5.78. The van der Waals surface area contributed by atoms with Crippen molar-refractivity contribution in [3.05, 3.63) is 73.1 Å². The monoisotopic (exact) mass is 481 g/mol. The molecule has 180 valence electrons. The van der Waals surface area contributed by atoms with Crippen molar-refractivity contribution in [3.63, 3.8) is 0 Å². The van der Waals surface area contributed by atoms with Crippen molar-refractivity contribution in [2.45, 2.75) is 32.1 Å². The van der Waals surface area contributed by atoms with Gasteiger partial charge in [0.05, 0.1) is 55.3 Å². The van der Waals surface area contributed by atoms with Crippen LogP contribution in [-0.2, 0) is 6.54 Å². The summed E-state index contributed by atoms with van der Waals surface area (Å²) < 4.78 is 49.8. The molecule has 0 saturated heterocycles. The van der Waals surface area contributed by atoms with E-state index < -0.39 is 12.2 Å². The third-order valence-electron chi connectivity index (χ3n) is 5.78. The molecule has 0 aliphatic carbocycles. The molecule has 1 aromatic carbocycles. The zero-order chi connectivity index (χ0) is 24.6. The van der Waals surface area contributed by atoms with Crippen molar-refractivity contribution in [2.24, 2.45) is 0 Å². The van der Waals surface area contributed by atoms with Gasteiger partial charge in [0, 0.05) is 23.5 Å². The third kappa shape index (κ3) is 4.48. The summed E-state index contributed by atoms with van der Waals surface area (Å²) in [5, 5.41) is 12.7. The minimum Gasteiger partial charge on any atom is -0.497 e. The van der Waals surface area contributed by atoms with Crippen LogP contribution in [0.15, 0.2) is 67.5 Å². The number of alkyl halides is 3. The van der Waals surface area contributed by atoms with Gasteiger partial charge in [-0.1, -0.05) is 19.1 Å². The molecule has 5 aromatic rings. The predicted octanol–water partition coefficient (Wildman–Crippen LogP) is 5.03. The lowest BCUT2D eigenvalue weighted by Gasteiger charge is -2.18. The number of fused-ring (bicyclic) bond motifs is 1. The average Bonchev–Trinajstić information content (AvgIpc) is 3.59. The number of halogens is 3. The van der Waals surface area contributed by atoms with E-state index in [0.29, 0.717) is 29.0 Å². The molecule has 0 aliphatic heterocycles. The molecular weight excluding hydrogens is 459 g/mol. The van der Waals surface area contributed by atoms with Gasteiger partial charge in [-0.05, 0) is 30.2 Å². The van der Waals surface area contributed by atoms with Crippen LogP contribution in [-0.4, -0.2) is 47.4 Å². The number of aromatic nitrogens is 7. The number of hydrogen-bond acceptors (Lipinski definition) is 5. The van der Waals surface area contributed by atoms with Crippen molar-refractivity contribution < 1.29 is 17.9 Å². The molecule has 0 radical (unpaired) electrons. The standard InChI is InChI=1S/C24H22F3N7O/c1-3-22(24(25,26)27)34-14-18(11-30-34)23-21-8-9-28-33(21)15-20(31-23)17-10-29-32(13-17)12-16-4-6-19(35-2)7-5-16/h4-11,13-15,22H,3,12H2,1-2H3. The maximum absolute atomic E-state index is 13.4. The largest absolute Gasteiger partial charge is 0.497 e. The van der Waals surface area contributed by atoms with E-state index in [-0.39, 0.29) is 6.42 Å². The minimum atomic E-state index is -4.39. The van der Waals surface area contributed by atoms with Crippen LogP contribution >= 0.6 is 0 Å². The van der Waals surface area contributed by atoms with Gasteiger partial charge in [-0.2, -0.15) is 28.5 Å². The van der Waals surface area contributed by atoms with Crippen LogP contribution in [0.5, 0.6) is 5.75 Å². The number of benzene rings is 1. The fourth-order valence-corrected chi connectivity index (χ4v) is 3.98. The molecule has 0 aliphatic rings. The number of methoxy groups -OCH3 is 1. The van der Waals surface area contributed by atoms with E-state index in [1.165, 1.54) is 19.3 Å². The van der Waals surface area contributed by atoms with E-state index in [1.807, 2.05) is 30.5 Å². The molecule has 35 heavy (non-hydrogen) atoms. The van der Waals surface area contributed by atoms with Crippen LogP contribution in [0.3, 0.4) is 0 Å². The molecule has 0 N–H and O–H groups in total. The van der Waals surface area contributed by atoms with Gasteiger partial charge < -0.3 is 4.74 Å². The van der Waals surface area contributed by atoms with Crippen LogP contribution in [0.2, 0.25) is 0 Å². The van der Waals surface area contributed by atoms with E-state index in [1.54, 1.807) is 41.0 Å². The zero-order valence-corrected chi connectivity index (χ0v) is 19.0. The van der Waals surface area contributed by atoms with Crippen LogP contribution in [0, 0.1) is 0 Å². The van der Waals surface area contributed by atoms with E-state index in [2.05, 4.69) is 15.3 Å². The highest BCUT2D eigenvalue weighted by molar-refractivity contribution is 5.78. The van der Waals surface area contributed by atoms with Gasteiger partial charge in [-0.25, -0.2) is 9.50 Å². The highest BCUT2D eigenvalue weighted by Crippen LogP contribution is 2.34. The molecule has 5 rings (SSSR count). The summed E-state index contributed by atoms with van der Waals surface area (Å²) in [5.41, 5.74) is 4.04. The molecule has 0 fully saturated rings. The lowest BCUT2D eigenvalue weighted by molar-refractivity contribution is -0.170. The number of ether oxygens (including phenoxy) is 1. The fraction of sp³-hybridized carbons (Fsp3) is 0.250. The van der Waals surface area contributed by atoms with Crippen molar-refractivity contribution in [3.8, 4) is 28.3 Å². The summed E-state index contributed by atoms with van der Waals surface area (Å²) in [6, 6.07) is 7.78. The van der Waals surface area contributed by atoms with Gasteiger partial charge in [-0.15, -0.1) is 0 Å². The highest BCUT2D eigenvalue weighted by Gasteiger charge is 2.40. The second-order valence-electron chi connectivity index (χ2n) is 8.09. The second-order valence-corrected chi connectivity index (χ2v) is 8.09. The van der Waals surface area contributed by atoms with Crippen LogP contribution in [0.1, 0.15) is 24.9 Å². The zero-order valence-electron chi connectivity index (χ0n) is 19.0. The van der Waals surface area contributed by atoms with Crippen LogP contribution in [0.25, 0.3) is 28.0 Å². The molecule has 4 heterocycles. The molecule has 8 nitrogen and oxygen atoms in total. The molecule has 1 unspecified atom stereocenters. The molecule has 11 heteroatoms. The maximum Gasteiger partial charge on any atom is 0.410 e. The van der Waals surface area contributed by atoms with Gasteiger partial charge >= 0.3 is 6.18 Å². The van der Waals surface area contributed by atoms with Crippen molar-refractivity contribution in [2.75, 3.05) is 7.11 Å². The Morgan fingerprint density at radius 3 is 2.43 bits per heavy atom. The quantitative estimate of drug-likeness (QED) is 0.326. The molecule has 4 aromatic heterocycles. The normalized spacial score (nSPS) is 12.8. The Kier molecular flexibility index (Phi) is 5.75. The predicted molar refractivity (Wildman–Crippen MR) is 123 cm³/mol. The van der Waals surface area contributed by atoms with Gasteiger partial charge in [-0.3, -0.25) is 9.36 Å². The Hall–Kier alpha value is -4.15. The van der Waals surface area contributed by atoms with Gasteiger partial charge in [0.15, 0.2) is 0 Å². The van der Waals surface area contributed by atoms with Crippen LogP contribution in [0.4, 0.5) is 13.2 Å². The summed E-state index contributed by atoms with van der Waals surface area (Å²) >= 11 is 0. The van der Waals surface area contributed by atoms with E-state index in [9.17, 15) is 13.2 Å². The minimum absolute atomic E-state index is 0.117. The van der Waals surface area contributed by atoms with Crippen LogP contribution < -0.4 is 4.74 Å². The summed E-state index contributed by atoms with van der Waals surface area (Å²) in [5.74, 6) is 0.781. The van der Waals surface area contributed by atoms with E-state index in [0.717, 1.165) is 21.6 Å². The summed E-state index contributed by atoms with van der Waals surface area (Å²) in [6.07, 6.45) is 5.23. The van der Waals surface area contributed by atoms with Gasteiger partial charge in [0.2, 0.25) is 0 Å². The van der Waals surface area contributed by atoms with Gasteiger partial charge in [0.1, 0.15) is 11.8 Å². The first kappa shape index (κ1) is 22.6. The van der Waals surface area contributed by atoms with Crippen molar-refractivity contribution in [1.82, 2.24) is 34.2 Å². The Labute approximate surface area is 198 Å². The fourth-order valence-electron chi connectivity index (χ4n) is 3.98. The molecule has 0 amide bonds. The lowest BCUT2D eigenvalue weighted by Crippen LogP contribution is -2.26. The topological polar surface area (TPSA) is 75.1 Å². The first-order valence-corrected chi connectivity index (χ1v) is 11.0. The molecule has 1 atom stereocenters. The molecule has 0 bridgehead atoms. The Bertz CT molecular complexity index is 1450. The lowest BCUT2D eigenvalue weighted by atomic mass is 10.2. The molecule has 0 saturated carbocycles. The summed E-state index contributed by atoms with van der Waals surface area (Å²) in [7, 11) is 1.62. The second kappa shape index (κ2) is 8.90. The smallest absolute Gasteiger partial charge is 0.410 e. The SMILES string of the molecule is CCC(n1cc(-c2nc(-c3cnn(Cc4ccc(OC)cc4)c3)cn3nccc23)cn1)C(F)(F)F. The van der Waals surface area contributed by atoms with E-state index in [4.69, 9.17) is 9.72 Å². The summed E-state index contributed by atoms with van der Waals surface area (Å²) in [6.45, 7) is 2.04. The van der Waals surface area contributed by atoms with Crippen molar-refractivity contribution in [1.29, 1.82) is 0 Å². The molecular formula is C24H22F3N7O. The highest BCUT2D eigenvalue weighted by atomic mass is 19.4. The average molecular weight is 481 g/mol. The summed E-state index contributed by atoms with van der Waals surface area (Å²) in [4.78, 5) is 4.75. The Morgan fingerprint density at radius 1 is 0.943 bits per heavy atom. The maximum atomic E-state index is 13.4. The first-order chi connectivity index (χ1) is 16.9. The first-order valence-electron chi connectivity index (χ1n) is 11.0. The number of rotatable bonds is 7. The Morgan fingerprint density at radius 2 is 1.71 bits per heavy atom. The molecule has 0 spiro atoms. The van der Waals surface area contributed by atoms with Crippen molar-refractivity contribution >= 4 is 5.52 Å². The number of nitrogens with zero attached hydrogens (tertiary/aromatic N) is 7. The van der Waals surface area contributed by atoms with Gasteiger partial charge in [0.25, 0.3) is 0 Å².